The molecule has 2 unspecified atom stereocenters. The van der Waals surface area contributed by atoms with Crippen LogP contribution >= 0.6 is 0 Å². The maximum absolute atomic E-state index is 14.5. The molecule has 0 radical (unpaired) electrons. The number of anilines is 1. The molecule has 6 nitrogen and oxygen atoms in total. The smallest absolute Gasteiger partial charge is 0.283 e. The summed E-state index contributed by atoms with van der Waals surface area (Å²) in [6.45, 7) is -2.10. The third-order valence-corrected chi connectivity index (χ3v) is 4.26. The lowest BCUT2D eigenvalue weighted by Gasteiger charge is -2.35. The van der Waals surface area contributed by atoms with E-state index in [-0.39, 0.29) is 23.4 Å². The Hall–Kier alpha value is -3.17. The molecule has 0 saturated carbocycles. The molecule has 0 aliphatic carbocycles. The van der Waals surface area contributed by atoms with E-state index < -0.39 is 48.6 Å². The van der Waals surface area contributed by atoms with E-state index >= 15 is 0 Å². The average molecular weight is 396 g/mol. The molecule has 2 heterocycles. The zero-order chi connectivity index (χ0) is 20.3. The molecule has 1 aliphatic heterocycles. The number of amidine groups is 1. The Bertz CT molecular complexity index is 907. The summed E-state index contributed by atoms with van der Waals surface area (Å²) < 4.78 is 59.4. The highest BCUT2D eigenvalue weighted by Crippen LogP contribution is 2.38. The number of nitrogens with one attached hydrogen (secondary N) is 1. The third-order valence-electron chi connectivity index (χ3n) is 4.26. The lowest BCUT2D eigenvalue weighted by Crippen LogP contribution is -2.43. The van der Waals surface area contributed by atoms with Crippen molar-refractivity contribution < 1.29 is 27.1 Å². The first-order valence-corrected chi connectivity index (χ1v) is 8.24. The van der Waals surface area contributed by atoms with Crippen molar-refractivity contribution in [1.29, 1.82) is 0 Å². The Morgan fingerprint density at radius 1 is 1.29 bits per heavy atom. The summed E-state index contributed by atoms with van der Waals surface area (Å²) in [5.41, 5.74) is 3.58. The van der Waals surface area contributed by atoms with E-state index in [2.05, 4.69) is 15.3 Å². The Labute approximate surface area is 157 Å². The molecule has 1 aromatic heterocycles. The lowest BCUT2D eigenvalue weighted by atomic mass is 9.85. The van der Waals surface area contributed by atoms with Crippen LogP contribution in [0.5, 0.6) is 0 Å². The van der Waals surface area contributed by atoms with Crippen molar-refractivity contribution in [3.63, 3.8) is 0 Å². The number of halogens is 4. The van der Waals surface area contributed by atoms with Gasteiger partial charge in [0, 0.05) is 17.7 Å². The Kier molecular flexibility index (Phi) is 5.48. The van der Waals surface area contributed by atoms with Crippen LogP contribution in [0.25, 0.3) is 0 Å². The number of nitrogens with zero attached hydrogens (tertiary/aromatic N) is 2. The summed E-state index contributed by atoms with van der Waals surface area (Å²) in [5, 5.41) is 2.46. The van der Waals surface area contributed by atoms with Gasteiger partial charge in [0.15, 0.2) is 0 Å². The van der Waals surface area contributed by atoms with Gasteiger partial charge in [-0.3, -0.25) is 4.79 Å². The van der Waals surface area contributed by atoms with Crippen molar-refractivity contribution in [1.82, 2.24) is 4.98 Å². The van der Waals surface area contributed by atoms with Gasteiger partial charge in [-0.25, -0.2) is 27.5 Å². The number of hydrogen-bond acceptors (Lipinski definition) is 5. The molecule has 28 heavy (non-hydrogen) atoms. The van der Waals surface area contributed by atoms with Gasteiger partial charge < -0.3 is 15.8 Å². The van der Waals surface area contributed by atoms with E-state index in [1.165, 1.54) is 18.2 Å². The summed E-state index contributed by atoms with van der Waals surface area (Å²) in [5.74, 6) is -2.09. The van der Waals surface area contributed by atoms with E-state index in [9.17, 15) is 22.4 Å². The number of hydrogen-bond donors (Lipinski definition) is 2. The van der Waals surface area contributed by atoms with Crippen LogP contribution in [-0.2, 0) is 10.3 Å². The van der Waals surface area contributed by atoms with E-state index in [1.54, 1.807) is 0 Å². The van der Waals surface area contributed by atoms with Crippen LogP contribution in [0, 0.1) is 11.6 Å². The number of amides is 1. The van der Waals surface area contributed by atoms with Gasteiger partial charge in [0.2, 0.25) is 0 Å². The molecule has 2 atom stereocenters. The second-order valence-electron chi connectivity index (χ2n) is 6.22. The zero-order valence-electron chi connectivity index (χ0n) is 14.5. The van der Waals surface area contributed by atoms with Crippen molar-refractivity contribution >= 4 is 17.6 Å². The number of ether oxygens (including phenoxy) is 1. The van der Waals surface area contributed by atoms with Crippen molar-refractivity contribution in [3.8, 4) is 0 Å². The molecule has 0 bridgehead atoms. The molecule has 2 aromatic rings. The molecular weight excluding hydrogens is 380 g/mol. The van der Waals surface area contributed by atoms with Crippen LogP contribution in [0.2, 0.25) is 0 Å². The highest BCUT2D eigenvalue weighted by atomic mass is 19.1. The van der Waals surface area contributed by atoms with Crippen LogP contribution in [0.3, 0.4) is 0 Å². The number of pyridine rings is 1. The zero-order valence-corrected chi connectivity index (χ0v) is 14.5. The minimum absolute atomic E-state index is 0.0710. The number of alkyl halides is 2. The first-order valence-electron chi connectivity index (χ1n) is 8.24. The Balaban J connectivity index is 1.93. The number of nitrogens with two attached hydrogens (primary N) is 1. The van der Waals surface area contributed by atoms with Gasteiger partial charge in [0.05, 0.1) is 6.20 Å². The summed E-state index contributed by atoms with van der Waals surface area (Å²) in [4.78, 5) is 19.7. The van der Waals surface area contributed by atoms with Crippen LogP contribution < -0.4 is 11.1 Å². The third kappa shape index (κ3) is 3.90. The van der Waals surface area contributed by atoms with E-state index in [1.807, 2.05) is 0 Å². The average Bonchev–Trinajstić information content (AvgIpc) is 2.69. The predicted octanol–water partition coefficient (Wildman–Crippen LogP) is 2.85. The fourth-order valence-corrected chi connectivity index (χ4v) is 2.95. The van der Waals surface area contributed by atoms with Gasteiger partial charge in [0.25, 0.3) is 11.9 Å². The quantitative estimate of drug-likeness (QED) is 0.761. The highest BCUT2D eigenvalue weighted by molar-refractivity contribution is 6.02. The van der Waals surface area contributed by atoms with Gasteiger partial charge in [0.1, 0.15) is 42.3 Å². The van der Waals surface area contributed by atoms with E-state index in [0.717, 1.165) is 18.3 Å². The first kappa shape index (κ1) is 19.6. The molecule has 0 saturated heterocycles. The van der Waals surface area contributed by atoms with Crippen LogP contribution in [0.4, 0.5) is 23.2 Å². The van der Waals surface area contributed by atoms with Crippen LogP contribution in [-0.4, -0.2) is 36.4 Å². The molecule has 10 heteroatoms. The number of carbonyl (C=O) groups is 1. The van der Waals surface area contributed by atoms with Crippen molar-refractivity contribution in [2.24, 2.45) is 10.7 Å². The van der Waals surface area contributed by atoms with Gasteiger partial charge in [-0.15, -0.1) is 0 Å². The summed E-state index contributed by atoms with van der Waals surface area (Å²) in [6, 6.07) is 5.25. The molecule has 1 amide bonds. The highest BCUT2D eigenvalue weighted by Gasteiger charge is 2.42. The van der Waals surface area contributed by atoms with E-state index in [4.69, 9.17) is 10.5 Å². The molecular formula is C18H16F4N4O2. The second-order valence-corrected chi connectivity index (χ2v) is 6.22. The van der Waals surface area contributed by atoms with Crippen LogP contribution in [0.15, 0.2) is 41.5 Å². The fourth-order valence-electron chi connectivity index (χ4n) is 2.95. The maximum Gasteiger partial charge on any atom is 0.283 e. The molecule has 148 valence electrons. The molecule has 0 fully saturated rings. The molecule has 1 aromatic carbocycles. The van der Waals surface area contributed by atoms with Gasteiger partial charge >= 0.3 is 0 Å². The Morgan fingerprint density at radius 2 is 2.07 bits per heavy atom. The van der Waals surface area contributed by atoms with Crippen LogP contribution in [0.1, 0.15) is 22.5 Å². The lowest BCUT2D eigenvalue weighted by molar-refractivity contribution is 0.0781. The number of aliphatic imine (C=N–C) groups is 1. The largest absolute Gasteiger partial charge is 0.459 e. The Morgan fingerprint density at radius 3 is 2.71 bits per heavy atom. The molecule has 0 spiro atoms. The monoisotopic (exact) mass is 396 g/mol. The van der Waals surface area contributed by atoms with Gasteiger partial charge in [-0.05, 0) is 30.3 Å². The number of benzene rings is 1. The fraction of sp³-hybridized carbons (Fsp3) is 0.278. The van der Waals surface area contributed by atoms with E-state index in [0.29, 0.717) is 0 Å². The normalized spacial score (nSPS) is 21.6. The number of carbonyl (C=O) groups excluding carboxylic acids is 1. The molecule has 1 aliphatic rings. The van der Waals surface area contributed by atoms with Crippen molar-refractivity contribution in [2.75, 3.05) is 18.7 Å². The predicted molar refractivity (Wildman–Crippen MR) is 93.3 cm³/mol. The first-order chi connectivity index (χ1) is 13.4. The molecule has 3 N–H and O–H groups in total. The topological polar surface area (TPSA) is 89.6 Å². The minimum atomic E-state index is -1.78. The summed E-state index contributed by atoms with van der Waals surface area (Å²) in [7, 11) is 0. The SMILES string of the molecule is NC1=NC(CF)(c2cc(NC(=O)c3ccc(F)cn3)ccc2F)CC(CF)O1. The van der Waals surface area contributed by atoms with Gasteiger partial charge in [-0.1, -0.05) is 0 Å². The van der Waals surface area contributed by atoms with Crippen molar-refractivity contribution in [3.05, 3.63) is 59.4 Å². The second kappa shape index (κ2) is 7.83. The van der Waals surface area contributed by atoms with Gasteiger partial charge in [-0.2, -0.15) is 0 Å². The minimum Gasteiger partial charge on any atom is -0.459 e. The number of aromatic nitrogens is 1. The number of rotatable bonds is 5. The van der Waals surface area contributed by atoms with Crippen molar-refractivity contribution in [2.45, 2.75) is 18.1 Å². The maximum atomic E-state index is 14.5. The summed E-state index contributed by atoms with van der Waals surface area (Å²) in [6.07, 6.45) is -0.469. The standard InChI is InChI=1S/C18H16F4N4O2/c19-7-12-6-18(9-20,26-17(23)28-12)13-5-11(2-3-14(13)22)25-16(27)15-4-1-10(21)8-24-15/h1-5,8,12H,6-7,9H2,(H2,23,26)(H,25,27). The summed E-state index contributed by atoms with van der Waals surface area (Å²) >= 11 is 0. The molecule has 3 rings (SSSR count).